The molecule has 0 aliphatic carbocycles. The average Bonchev–Trinajstić information content (AvgIpc) is 2.65. The zero-order valence-electron chi connectivity index (χ0n) is 17.9. The van der Waals surface area contributed by atoms with Crippen molar-refractivity contribution in [2.45, 2.75) is 33.6 Å². The van der Waals surface area contributed by atoms with Crippen LogP contribution in [-0.4, -0.2) is 45.8 Å². The molecule has 0 fully saturated rings. The molecular formula is C22H31N3O3S. The predicted octanol–water partition coefficient (Wildman–Crippen LogP) is 2.97. The second-order valence-electron chi connectivity index (χ2n) is 7.53. The minimum absolute atomic E-state index is 0.255. The van der Waals surface area contributed by atoms with Crippen LogP contribution < -0.4 is 9.62 Å². The van der Waals surface area contributed by atoms with Crippen molar-refractivity contribution in [1.29, 1.82) is 0 Å². The molecule has 0 atom stereocenters. The number of nitrogens with one attached hydrogen (secondary N) is 1. The van der Waals surface area contributed by atoms with Crippen molar-refractivity contribution < 1.29 is 13.2 Å². The number of benzene rings is 2. The molecule has 0 radical (unpaired) electrons. The Bertz CT molecular complexity index is 956. The first-order valence-corrected chi connectivity index (χ1v) is 11.1. The topological polar surface area (TPSA) is 69.7 Å². The van der Waals surface area contributed by atoms with E-state index in [9.17, 15) is 13.2 Å². The maximum absolute atomic E-state index is 12.8. The van der Waals surface area contributed by atoms with E-state index in [2.05, 4.69) is 30.4 Å². The van der Waals surface area contributed by atoms with Gasteiger partial charge >= 0.3 is 10.2 Å². The summed E-state index contributed by atoms with van der Waals surface area (Å²) in [6.07, 6.45) is 1.65. The zero-order chi connectivity index (χ0) is 21.6. The van der Waals surface area contributed by atoms with E-state index in [1.54, 1.807) is 6.07 Å². The number of nitrogens with zero attached hydrogens (tertiary/aromatic N) is 2. The lowest BCUT2D eigenvalue weighted by Crippen LogP contribution is -2.46. The quantitative estimate of drug-likeness (QED) is 0.638. The number of anilines is 1. The first kappa shape index (κ1) is 22.9. The minimum Gasteiger partial charge on any atom is -0.355 e. The Balaban J connectivity index is 2.05. The van der Waals surface area contributed by atoms with Crippen molar-refractivity contribution in [3.63, 3.8) is 0 Å². The van der Waals surface area contributed by atoms with Gasteiger partial charge in [0.25, 0.3) is 0 Å². The van der Waals surface area contributed by atoms with E-state index in [1.807, 2.05) is 32.0 Å². The number of carbonyl (C=O) groups excluding carboxylic acids is 1. The summed E-state index contributed by atoms with van der Waals surface area (Å²) in [6, 6.07) is 13.9. The van der Waals surface area contributed by atoms with Crippen LogP contribution in [0.5, 0.6) is 0 Å². The third kappa shape index (κ3) is 6.30. The number of rotatable bonds is 9. The maximum atomic E-state index is 12.8. The van der Waals surface area contributed by atoms with Crippen LogP contribution in [0, 0.1) is 20.8 Å². The summed E-state index contributed by atoms with van der Waals surface area (Å²) in [5.41, 5.74) is 4.70. The molecule has 0 aliphatic rings. The Morgan fingerprint density at radius 3 is 2.34 bits per heavy atom. The van der Waals surface area contributed by atoms with E-state index >= 15 is 0 Å². The van der Waals surface area contributed by atoms with Crippen LogP contribution in [0.25, 0.3) is 0 Å². The van der Waals surface area contributed by atoms with Crippen molar-refractivity contribution in [3.05, 3.63) is 64.7 Å². The highest BCUT2D eigenvalue weighted by Crippen LogP contribution is 2.25. The molecule has 0 unspecified atom stereocenters. The first-order valence-electron chi connectivity index (χ1n) is 9.71. The summed E-state index contributed by atoms with van der Waals surface area (Å²) in [5.74, 6) is -0.319. The summed E-state index contributed by atoms with van der Waals surface area (Å²) < 4.78 is 28.0. The fourth-order valence-corrected chi connectivity index (χ4v) is 4.17. The molecule has 0 aromatic heterocycles. The van der Waals surface area contributed by atoms with Gasteiger partial charge in [0.05, 0.1) is 5.69 Å². The van der Waals surface area contributed by atoms with Gasteiger partial charge in [0.15, 0.2) is 0 Å². The van der Waals surface area contributed by atoms with Crippen LogP contribution in [0.15, 0.2) is 42.5 Å². The summed E-state index contributed by atoms with van der Waals surface area (Å²) in [4.78, 5) is 12.5. The van der Waals surface area contributed by atoms with Crippen LogP contribution in [0.1, 0.15) is 28.7 Å². The number of amides is 1. The molecule has 29 heavy (non-hydrogen) atoms. The highest BCUT2D eigenvalue weighted by Gasteiger charge is 2.28. The van der Waals surface area contributed by atoms with Gasteiger partial charge < -0.3 is 5.32 Å². The lowest BCUT2D eigenvalue weighted by Gasteiger charge is -2.28. The summed E-state index contributed by atoms with van der Waals surface area (Å²) in [7, 11) is -0.868. The SMILES string of the molecule is Cc1cccc(CCCNC(=O)CN(c2cc(C)ccc2C)S(=O)(=O)N(C)C)c1. The number of aryl methyl sites for hydroxylation is 4. The molecular weight excluding hydrogens is 386 g/mol. The second-order valence-corrected chi connectivity index (χ2v) is 9.60. The van der Waals surface area contributed by atoms with Crippen molar-refractivity contribution >= 4 is 21.8 Å². The van der Waals surface area contributed by atoms with Crippen LogP contribution in [0.2, 0.25) is 0 Å². The largest absolute Gasteiger partial charge is 0.355 e. The number of carbonyl (C=O) groups is 1. The molecule has 2 aromatic rings. The molecule has 0 saturated carbocycles. The van der Waals surface area contributed by atoms with Gasteiger partial charge in [-0.1, -0.05) is 42.0 Å². The van der Waals surface area contributed by atoms with Crippen molar-refractivity contribution in [2.75, 3.05) is 31.5 Å². The molecule has 2 rings (SSSR count). The van der Waals surface area contributed by atoms with E-state index in [1.165, 1.54) is 29.5 Å². The molecule has 1 amide bonds. The maximum Gasteiger partial charge on any atom is 0.304 e. The third-order valence-corrected chi connectivity index (χ3v) is 6.51. The standard InChI is InChI=1S/C22H31N3O3S/c1-17-8-6-9-20(14-17)10-7-13-23-22(26)16-25(29(27,28)24(4)5)21-15-18(2)11-12-19(21)3/h6,8-9,11-12,14-15H,7,10,13,16H2,1-5H3,(H,23,26). The minimum atomic E-state index is -3.80. The Labute approximate surface area is 174 Å². The third-order valence-electron chi connectivity index (χ3n) is 4.71. The molecule has 0 saturated heterocycles. The first-order chi connectivity index (χ1) is 13.6. The van der Waals surface area contributed by atoms with Crippen LogP contribution in [-0.2, 0) is 21.4 Å². The highest BCUT2D eigenvalue weighted by molar-refractivity contribution is 7.90. The molecule has 0 bridgehead atoms. The van der Waals surface area contributed by atoms with E-state index < -0.39 is 10.2 Å². The molecule has 0 aliphatic heterocycles. The fraction of sp³-hybridized carbons (Fsp3) is 0.409. The fourth-order valence-electron chi connectivity index (χ4n) is 3.05. The normalized spacial score (nSPS) is 11.5. The van der Waals surface area contributed by atoms with Gasteiger partial charge in [-0.05, 0) is 56.4 Å². The monoisotopic (exact) mass is 417 g/mol. The van der Waals surface area contributed by atoms with E-state index in [-0.39, 0.29) is 12.5 Å². The van der Waals surface area contributed by atoms with Crippen molar-refractivity contribution in [1.82, 2.24) is 9.62 Å². The Hall–Kier alpha value is -2.38. The molecule has 1 N–H and O–H groups in total. The van der Waals surface area contributed by atoms with Gasteiger partial charge in [-0.3, -0.25) is 4.79 Å². The molecule has 0 heterocycles. The van der Waals surface area contributed by atoms with E-state index in [0.29, 0.717) is 12.2 Å². The van der Waals surface area contributed by atoms with Crippen LogP contribution in [0.3, 0.4) is 0 Å². The van der Waals surface area contributed by atoms with Gasteiger partial charge in [-0.15, -0.1) is 0 Å². The zero-order valence-corrected chi connectivity index (χ0v) is 18.7. The van der Waals surface area contributed by atoms with Gasteiger partial charge in [-0.2, -0.15) is 12.7 Å². The highest BCUT2D eigenvalue weighted by atomic mass is 32.2. The second kappa shape index (κ2) is 9.89. The molecule has 7 heteroatoms. The molecule has 0 spiro atoms. The van der Waals surface area contributed by atoms with Gasteiger partial charge in [0.2, 0.25) is 5.91 Å². The predicted molar refractivity (Wildman–Crippen MR) is 118 cm³/mol. The van der Waals surface area contributed by atoms with Gasteiger partial charge in [0, 0.05) is 20.6 Å². The smallest absolute Gasteiger partial charge is 0.304 e. The van der Waals surface area contributed by atoms with Gasteiger partial charge in [-0.25, -0.2) is 4.31 Å². The lowest BCUT2D eigenvalue weighted by molar-refractivity contribution is -0.119. The molecule has 158 valence electrons. The number of hydrogen-bond donors (Lipinski definition) is 1. The van der Waals surface area contributed by atoms with Crippen LogP contribution in [0.4, 0.5) is 5.69 Å². The van der Waals surface area contributed by atoms with Crippen molar-refractivity contribution in [3.8, 4) is 0 Å². The summed E-state index contributed by atoms with van der Waals surface area (Å²) in [6.45, 7) is 6.03. The van der Waals surface area contributed by atoms with E-state index in [0.717, 1.165) is 28.3 Å². The van der Waals surface area contributed by atoms with E-state index in [4.69, 9.17) is 0 Å². The molecule has 2 aromatic carbocycles. The number of hydrogen-bond acceptors (Lipinski definition) is 3. The summed E-state index contributed by atoms with van der Waals surface area (Å²) >= 11 is 0. The lowest BCUT2D eigenvalue weighted by atomic mass is 10.1. The molecule has 6 nitrogen and oxygen atoms in total. The Morgan fingerprint density at radius 1 is 1.00 bits per heavy atom. The van der Waals surface area contributed by atoms with Crippen LogP contribution >= 0.6 is 0 Å². The van der Waals surface area contributed by atoms with Gasteiger partial charge in [0.1, 0.15) is 6.54 Å². The average molecular weight is 418 g/mol. The van der Waals surface area contributed by atoms with Crippen molar-refractivity contribution in [2.24, 2.45) is 0 Å². The Morgan fingerprint density at radius 2 is 1.69 bits per heavy atom. The summed E-state index contributed by atoms with van der Waals surface area (Å²) in [5, 5.41) is 2.85. The Kier molecular flexibility index (Phi) is 7.81.